The van der Waals surface area contributed by atoms with Gasteiger partial charge in [-0.3, -0.25) is 10.1 Å². The highest BCUT2D eigenvalue weighted by Gasteiger charge is 2.16. The van der Waals surface area contributed by atoms with E-state index in [-0.39, 0.29) is 10.6 Å². The molecule has 0 spiro atoms. The fourth-order valence-corrected chi connectivity index (χ4v) is 3.10. The number of piperidine rings is 1. The van der Waals surface area contributed by atoms with Gasteiger partial charge in [-0.15, -0.1) is 0 Å². The molecule has 1 aromatic rings. The van der Waals surface area contributed by atoms with Crippen LogP contribution in [0.5, 0.6) is 0 Å². The predicted molar refractivity (Wildman–Crippen MR) is 88.7 cm³/mol. The highest BCUT2D eigenvalue weighted by atomic mass is 79.9. The second-order valence-electron chi connectivity index (χ2n) is 5.77. The fourth-order valence-electron chi connectivity index (χ4n) is 2.74. The zero-order chi connectivity index (χ0) is 15.2. The van der Waals surface area contributed by atoms with E-state index in [4.69, 9.17) is 0 Å². The van der Waals surface area contributed by atoms with E-state index in [1.807, 2.05) is 0 Å². The van der Waals surface area contributed by atoms with Gasteiger partial charge in [0.05, 0.1) is 4.92 Å². The maximum absolute atomic E-state index is 11.0. The SMILES string of the molecule is CC(CNc1cc(Br)ccc1[N+](=O)[O-])CN1CCCCC1. The average molecular weight is 356 g/mol. The van der Waals surface area contributed by atoms with Gasteiger partial charge in [0.25, 0.3) is 5.69 Å². The lowest BCUT2D eigenvalue weighted by molar-refractivity contribution is -0.384. The summed E-state index contributed by atoms with van der Waals surface area (Å²) in [6.45, 7) is 6.34. The first-order valence-electron chi connectivity index (χ1n) is 7.46. The Bertz CT molecular complexity index is 490. The number of nitrogens with zero attached hydrogens (tertiary/aromatic N) is 2. The van der Waals surface area contributed by atoms with Crippen molar-refractivity contribution in [2.75, 3.05) is 31.5 Å². The van der Waals surface area contributed by atoms with E-state index in [2.05, 4.69) is 33.1 Å². The van der Waals surface area contributed by atoms with E-state index >= 15 is 0 Å². The molecule has 0 aliphatic carbocycles. The van der Waals surface area contributed by atoms with Crippen molar-refractivity contribution in [3.05, 3.63) is 32.8 Å². The number of halogens is 1. The molecule has 0 amide bonds. The summed E-state index contributed by atoms with van der Waals surface area (Å²) < 4.78 is 0.847. The van der Waals surface area contributed by atoms with Crippen molar-refractivity contribution in [2.24, 2.45) is 5.92 Å². The van der Waals surface area contributed by atoms with Crippen molar-refractivity contribution in [3.63, 3.8) is 0 Å². The second kappa shape index (κ2) is 7.75. The second-order valence-corrected chi connectivity index (χ2v) is 6.68. The molecule has 1 unspecified atom stereocenters. The van der Waals surface area contributed by atoms with Crippen molar-refractivity contribution >= 4 is 27.3 Å². The van der Waals surface area contributed by atoms with Crippen LogP contribution in [0.2, 0.25) is 0 Å². The van der Waals surface area contributed by atoms with Gasteiger partial charge >= 0.3 is 0 Å². The van der Waals surface area contributed by atoms with Crippen LogP contribution >= 0.6 is 15.9 Å². The Labute approximate surface area is 134 Å². The summed E-state index contributed by atoms with van der Waals surface area (Å²) in [6, 6.07) is 4.99. The number of benzene rings is 1. The molecule has 2 rings (SSSR count). The van der Waals surface area contributed by atoms with E-state index in [1.165, 1.54) is 38.4 Å². The minimum absolute atomic E-state index is 0.128. The van der Waals surface area contributed by atoms with Gasteiger partial charge in [-0.05, 0) is 44.0 Å². The van der Waals surface area contributed by atoms with Crippen LogP contribution in [-0.4, -0.2) is 36.0 Å². The Morgan fingerprint density at radius 1 is 1.38 bits per heavy atom. The largest absolute Gasteiger partial charge is 0.379 e. The Morgan fingerprint density at radius 3 is 2.76 bits per heavy atom. The van der Waals surface area contributed by atoms with Crippen molar-refractivity contribution in [3.8, 4) is 0 Å². The van der Waals surface area contributed by atoms with Crippen LogP contribution in [0.4, 0.5) is 11.4 Å². The molecule has 0 bridgehead atoms. The molecule has 21 heavy (non-hydrogen) atoms. The standard InChI is InChI=1S/C15H22BrN3O2/c1-12(11-18-7-3-2-4-8-18)10-17-14-9-13(16)5-6-15(14)19(20)21/h5-6,9,12,17H,2-4,7-8,10-11H2,1H3. The first-order chi connectivity index (χ1) is 10.1. The lowest BCUT2D eigenvalue weighted by atomic mass is 10.1. The lowest BCUT2D eigenvalue weighted by Gasteiger charge is -2.29. The molecule has 6 heteroatoms. The quantitative estimate of drug-likeness (QED) is 0.621. The van der Waals surface area contributed by atoms with Crippen molar-refractivity contribution < 1.29 is 4.92 Å². The molecule has 5 nitrogen and oxygen atoms in total. The molecule has 1 heterocycles. The number of likely N-dealkylation sites (tertiary alicyclic amines) is 1. The number of nitro groups is 1. The molecule has 1 N–H and O–H groups in total. The molecular formula is C15H22BrN3O2. The minimum atomic E-state index is -0.343. The summed E-state index contributed by atoms with van der Waals surface area (Å²) in [4.78, 5) is 13.2. The molecule has 1 aliphatic rings. The van der Waals surface area contributed by atoms with Gasteiger partial charge in [-0.1, -0.05) is 29.3 Å². The van der Waals surface area contributed by atoms with Gasteiger partial charge in [0.15, 0.2) is 0 Å². The van der Waals surface area contributed by atoms with Crippen LogP contribution in [-0.2, 0) is 0 Å². The normalized spacial score (nSPS) is 17.4. The molecule has 0 saturated carbocycles. The Hall–Kier alpha value is -1.14. The van der Waals surface area contributed by atoms with Crippen molar-refractivity contribution in [1.82, 2.24) is 4.90 Å². The summed E-state index contributed by atoms with van der Waals surface area (Å²) in [6.07, 6.45) is 3.92. The van der Waals surface area contributed by atoms with Crippen LogP contribution in [0.25, 0.3) is 0 Å². The van der Waals surface area contributed by atoms with Crippen molar-refractivity contribution in [2.45, 2.75) is 26.2 Å². The summed E-state index contributed by atoms with van der Waals surface area (Å²) in [5.41, 5.74) is 0.711. The molecule has 0 aromatic heterocycles. The first-order valence-corrected chi connectivity index (χ1v) is 8.25. The molecule has 0 radical (unpaired) electrons. The van der Waals surface area contributed by atoms with E-state index in [0.717, 1.165) is 17.6 Å². The number of nitrogens with one attached hydrogen (secondary N) is 1. The first kappa shape index (κ1) is 16.2. The number of rotatable bonds is 6. The van der Waals surface area contributed by atoms with Gasteiger partial charge < -0.3 is 10.2 Å². The average Bonchev–Trinajstić information content (AvgIpc) is 2.46. The van der Waals surface area contributed by atoms with Gasteiger partial charge in [-0.25, -0.2) is 0 Å². The van der Waals surface area contributed by atoms with Crippen LogP contribution in [0.15, 0.2) is 22.7 Å². The Morgan fingerprint density at radius 2 is 2.10 bits per heavy atom. The predicted octanol–water partition coefficient (Wildman–Crippen LogP) is 3.89. The van der Waals surface area contributed by atoms with Crippen LogP contribution in [0.3, 0.4) is 0 Å². The monoisotopic (exact) mass is 355 g/mol. The van der Waals surface area contributed by atoms with Crippen molar-refractivity contribution in [1.29, 1.82) is 0 Å². The lowest BCUT2D eigenvalue weighted by Crippen LogP contribution is -2.35. The zero-order valence-electron chi connectivity index (χ0n) is 12.3. The highest BCUT2D eigenvalue weighted by Crippen LogP contribution is 2.28. The third kappa shape index (κ3) is 4.97. The third-order valence-corrected chi connectivity index (χ3v) is 4.31. The number of anilines is 1. The summed E-state index contributed by atoms with van der Waals surface area (Å²) in [5.74, 6) is 0.460. The van der Waals surface area contributed by atoms with E-state index in [1.54, 1.807) is 12.1 Å². The summed E-state index contributed by atoms with van der Waals surface area (Å²) in [7, 11) is 0. The topological polar surface area (TPSA) is 58.4 Å². The maximum Gasteiger partial charge on any atom is 0.292 e. The van der Waals surface area contributed by atoms with E-state index in [9.17, 15) is 10.1 Å². The van der Waals surface area contributed by atoms with Crippen LogP contribution < -0.4 is 5.32 Å². The minimum Gasteiger partial charge on any atom is -0.379 e. The van der Waals surface area contributed by atoms with Gasteiger partial charge in [0.2, 0.25) is 0 Å². The number of hydrogen-bond donors (Lipinski definition) is 1. The molecular weight excluding hydrogens is 334 g/mol. The molecule has 1 fully saturated rings. The van der Waals surface area contributed by atoms with Gasteiger partial charge in [-0.2, -0.15) is 0 Å². The highest BCUT2D eigenvalue weighted by molar-refractivity contribution is 9.10. The molecule has 1 saturated heterocycles. The molecule has 1 aliphatic heterocycles. The van der Waals surface area contributed by atoms with Crippen LogP contribution in [0, 0.1) is 16.0 Å². The Balaban J connectivity index is 1.89. The molecule has 1 atom stereocenters. The van der Waals surface area contributed by atoms with E-state index in [0.29, 0.717) is 11.6 Å². The van der Waals surface area contributed by atoms with Gasteiger partial charge in [0, 0.05) is 23.6 Å². The third-order valence-electron chi connectivity index (χ3n) is 3.81. The smallest absolute Gasteiger partial charge is 0.292 e. The zero-order valence-corrected chi connectivity index (χ0v) is 13.9. The number of hydrogen-bond acceptors (Lipinski definition) is 4. The maximum atomic E-state index is 11.0. The number of nitro benzene ring substituents is 1. The van der Waals surface area contributed by atoms with Gasteiger partial charge in [0.1, 0.15) is 5.69 Å². The fraction of sp³-hybridized carbons (Fsp3) is 0.600. The molecule has 116 valence electrons. The van der Waals surface area contributed by atoms with Crippen LogP contribution in [0.1, 0.15) is 26.2 Å². The summed E-state index contributed by atoms with van der Waals surface area (Å²) >= 11 is 3.36. The summed E-state index contributed by atoms with van der Waals surface area (Å²) in [5, 5.41) is 14.3. The Kier molecular flexibility index (Phi) is 5.99. The molecule has 1 aromatic carbocycles. The van der Waals surface area contributed by atoms with E-state index < -0.39 is 0 Å².